The SMILES string of the molecule is Cc1cc(N2CCN(C(=O)c3ccc(Cl)s3)CC2)nc(NC2CCCCC2)n1. The van der Waals surface area contributed by atoms with E-state index in [4.69, 9.17) is 16.6 Å². The van der Waals surface area contributed by atoms with E-state index >= 15 is 0 Å². The first-order valence-corrected chi connectivity index (χ1v) is 11.2. The fourth-order valence-corrected chi connectivity index (χ4v) is 4.94. The Morgan fingerprint density at radius 1 is 1.14 bits per heavy atom. The minimum Gasteiger partial charge on any atom is -0.353 e. The highest BCUT2D eigenvalue weighted by molar-refractivity contribution is 7.17. The summed E-state index contributed by atoms with van der Waals surface area (Å²) in [6, 6.07) is 6.09. The normalized spacial score (nSPS) is 18.4. The van der Waals surface area contributed by atoms with E-state index in [9.17, 15) is 4.79 Å². The number of hydrogen-bond donors (Lipinski definition) is 1. The first kappa shape index (κ1) is 19.5. The maximum absolute atomic E-state index is 12.6. The molecule has 1 saturated heterocycles. The summed E-state index contributed by atoms with van der Waals surface area (Å²) in [5.74, 6) is 1.74. The van der Waals surface area contributed by atoms with Gasteiger partial charge in [0, 0.05) is 44.0 Å². The van der Waals surface area contributed by atoms with Crippen LogP contribution in [-0.2, 0) is 0 Å². The summed E-state index contributed by atoms with van der Waals surface area (Å²) in [5.41, 5.74) is 0.968. The van der Waals surface area contributed by atoms with E-state index in [-0.39, 0.29) is 5.91 Å². The average molecular weight is 420 g/mol. The molecule has 2 aromatic heterocycles. The predicted molar refractivity (Wildman–Crippen MR) is 115 cm³/mol. The Morgan fingerprint density at radius 3 is 2.57 bits per heavy atom. The lowest BCUT2D eigenvalue weighted by molar-refractivity contribution is 0.0751. The predicted octanol–water partition coefficient (Wildman–Crippen LogP) is 4.21. The molecule has 6 nitrogen and oxygen atoms in total. The molecule has 1 saturated carbocycles. The van der Waals surface area contributed by atoms with E-state index in [0.29, 0.717) is 28.3 Å². The van der Waals surface area contributed by atoms with E-state index in [0.717, 1.165) is 30.5 Å². The number of hydrogen-bond acceptors (Lipinski definition) is 6. The van der Waals surface area contributed by atoms with Crippen molar-refractivity contribution in [1.29, 1.82) is 0 Å². The van der Waals surface area contributed by atoms with Gasteiger partial charge in [-0.3, -0.25) is 4.79 Å². The molecule has 1 aliphatic heterocycles. The van der Waals surface area contributed by atoms with Crippen LogP contribution in [0.15, 0.2) is 18.2 Å². The van der Waals surface area contributed by atoms with Crippen LogP contribution in [0.25, 0.3) is 0 Å². The Morgan fingerprint density at radius 2 is 1.89 bits per heavy atom. The Hall–Kier alpha value is -1.86. The quantitative estimate of drug-likeness (QED) is 0.804. The first-order valence-electron chi connectivity index (χ1n) is 10.0. The zero-order valence-electron chi connectivity index (χ0n) is 16.2. The van der Waals surface area contributed by atoms with E-state index in [1.54, 1.807) is 12.1 Å². The summed E-state index contributed by atoms with van der Waals surface area (Å²) in [4.78, 5) is 26.8. The van der Waals surface area contributed by atoms with E-state index < -0.39 is 0 Å². The molecule has 4 rings (SSSR count). The third kappa shape index (κ3) is 4.58. The van der Waals surface area contributed by atoms with Crippen molar-refractivity contribution in [3.8, 4) is 0 Å². The second kappa shape index (κ2) is 8.66. The molecule has 2 aromatic rings. The van der Waals surface area contributed by atoms with Crippen molar-refractivity contribution in [3.05, 3.63) is 33.1 Å². The molecule has 0 radical (unpaired) electrons. The number of thiophene rings is 1. The van der Waals surface area contributed by atoms with Crippen LogP contribution in [0.4, 0.5) is 11.8 Å². The van der Waals surface area contributed by atoms with Crippen LogP contribution in [0.3, 0.4) is 0 Å². The van der Waals surface area contributed by atoms with Gasteiger partial charge in [-0.2, -0.15) is 4.98 Å². The number of nitrogens with zero attached hydrogens (tertiary/aromatic N) is 4. The minimum absolute atomic E-state index is 0.0649. The number of rotatable bonds is 4. The number of aryl methyl sites for hydroxylation is 1. The van der Waals surface area contributed by atoms with Crippen LogP contribution in [0.2, 0.25) is 4.34 Å². The molecule has 1 aliphatic carbocycles. The number of halogens is 1. The first-order chi connectivity index (χ1) is 13.6. The van der Waals surface area contributed by atoms with Crippen molar-refractivity contribution in [3.63, 3.8) is 0 Å². The summed E-state index contributed by atoms with van der Waals surface area (Å²) in [6.45, 7) is 4.91. The monoisotopic (exact) mass is 419 g/mol. The topological polar surface area (TPSA) is 61.4 Å². The maximum atomic E-state index is 12.6. The van der Waals surface area contributed by atoms with Gasteiger partial charge in [-0.25, -0.2) is 4.98 Å². The maximum Gasteiger partial charge on any atom is 0.264 e. The van der Waals surface area contributed by atoms with Crippen LogP contribution in [0.1, 0.15) is 47.5 Å². The second-order valence-electron chi connectivity index (χ2n) is 7.55. The molecule has 0 bridgehead atoms. The van der Waals surface area contributed by atoms with Crippen LogP contribution < -0.4 is 10.2 Å². The van der Waals surface area contributed by atoms with Gasteiger partial charge in [0.2, 0.25) is 5.95 Å². The highest BCUT2D eigenvalue weighted by atomic mass is 35.5. The molecule has 150 valence electrons. The number of aromatic nitrogens is 2. The Bertz CT molecular complexity index is 828. The lowest BCUT2D eigenvalue weighted by atomic mass is 9.96. The minimum atomic E-state index is 0.0649. The number of carbonyl (C=O) groups is 1. The smallest absolute Gasteiger partial charge is 0.264 e. The largest absolute Gasteiger partial charge is 0.353 e. The molecule has 28 heavy (non-hydrogen) atoms. The van der Waals surface area contributed by atoms with Crippen molar-refractivity contribution in [2.75, 3.05) is 36.4 Å². The van der Waals surface area contributed by atoms with Gasteiger partial charge in [0.05, 0.1) is 9.21 Å². The number of carbonyl (C=O) groups excluding carboxylic acids is 1. The standard InChI is InChI=1S/C20H26ClN5OS/c1-14-13-18(24-20(22-14)23-15-5-3-2-4-6-15)25-9-11-26(12-10-25)19(27)16-7-8-17(21)28-16/h7-8,13,15H,2-6,9-12H2,1H3,(H,22,23,24). The summed E-state index contributed by atoms with van der Waals surface area (Å²) < 4.78 is 0.649. The van der Waals surface area contributed by atoms with Gasteiger partial charge in [-0.05, 0) is 31.9 Å². The Balaban J connectivity index is 1.39. The molecule has 0 aromatic carbocycles. The van der Waals surface area contributed by atoms with Crippen LogP contribution >= 0.6 is 22.9 Å². The van der Waals surface area contributed by atoms with Gasteiger partial charge in [0.15, 0.2) is 0 Å². The highest BCUT2D eigenvalue weighted by Gasteiger charge is 2.24. The number of nitrogens with one attached hydrogen (secondary N) is 1. The molecule has 0 spiro atoms. The molecule has 2 aliphatic rings. The van der Waals surface area contributed by atoms with Gasteiger partial charge in [0.25, 0.3) is 5.91 Å². The van der Waals surface area contributed by atoms with Crippen molar-refractivity contribution in [2.24, 2.45) is 0 Å². The van der Waals surface area contributed by atoms with E-state index in [2.05, 4.69) is 15.2 Å². The molecule has 8 heteroatoms. The fraction of sp³-hybridized carbons (Fsp3) is 0.550. The number of anilines is 2. The molecule has 1 N–H and O–H groups in total. The van der Waals surface area contributed by atoms with Crippen LogP contribution in [0, 0.1) is 6.92 Å². The summed E-state index contributed by atoms with van der Waals surface area (Å²) in [6.07, 6.45) is 6.28. The van der Waals surface area contributed by atoms with Crippen molar-refractivity contribution in [2.45, 2.75) is 45.1 Å². The lowest BCUT2D eigenvalue weighted by Crippen LogP contribution is -2.49. The zero-order chi connectivity index (χ0) is 19.5. The zero-order valence-corrected chi connectivity index (χ0v) is 17.7. The molecule has 2 fully saturated rings. The van der Waals surface area contributed by atoms with Gasteiger partial charge in [-0.15, -0.1) is 11.3 Å². The summed E-state index contributed by atoms with van der Waals surface area (Å²) in [5, 5.41) is 3.53. The van der Waals surface area contributed by atoms with E-state index in [1.165, 1.54) is 43.4 Å². The Labute approximate surface area is 174 Å². The van der Waals surface area contributed by atoms with Gasteiger partial charge >= 0.3 is 0 Å². The van der Waals surface area contributed by atoms with Gasteiger partial charge < -0.3 is 15.1 Å². The van der Waals surface area contributed by atoms with E-state index in [1.807, 2.05) is 17.9 Å². The van der Waals surface area contributed by atoms with Crippen LogP contribution in [0.5, 0.6) is 0 Å². The lowest BCUT2D eigenvalue weighted by Gasteiger charge is -2.35. The Kier molecular flexibility index (Phi) is 6.01. The number of piperazine rings is 1. The fourth-order valence-electron chi connectivity index (χ4n) is 3.93. The average Bonchev–Trinajstić information content (AvgIpc) is 3.14. The molecule has 0 unspecified atom stereocenters. The molecule has 0 atom stereocenters. The van der Waals surface area contributed by atoms with Crippen molar-refractivity contribution in [1.82, 2.24) is 14.9 Å². The van der Waals surface area contributed by atoms with Crippen LogP contribution in [-0.4, -0.2) is 53.0 Å². The molecular weight excluding hydrogens is 394 g/mol. The highest BCUT2D eigenvalue weighted by Crippen LogP contribution is 2.25. The molecule has 3 heterocycles. The summed E-state index contributed by atoms with van der Waals surface area (Å²) in [7, 11) is 0. The van der Waals surface area contributed by atoms with Gasteiger partial charge in [-0.1, -0.05) is 30.9 Å². The number of amides is 1. The molecular formula is C20H26ClN5OS. The second-order valence-corrected chi connectivity index (χ2v) is 9.27. The third-order valence-corrected chi connectivity index (χ3v) is 6.67. The van der Waals surface area contributed by atoms with Crippen molar-refractivity contribution < 1.29 is 4.79 Å². The van der Waals surface area contributed by atoms with Crippen molar-refractivity contribution >= 4 is 40.6 Å². The molecule has 1 amide bonds. The van der Waals surface area contributed by atoms with Gasteiger partial charge in [0.1, 0.15) is 5.82 Å². The summed E-state index contributed by atoms with van der Waals surface area (Å²) >= 11 is 7.30. The third-order valence-electron chi connectivity index (χ3n) is 5.45.